The number of aromatic amines is 1. The van der Waals surface area contributed by atoms with Crippen LogP contribution in [-0.2, 0) is 0 Å². The smallest absolute Gasteiger partial charge is 0.184 e. The zero-order chi connectivity index (χ0) is 16.8. The zero-order valence-corrected chi connectivity index (χ0v) is 14.9. The third kappa shape index (κ3) is 2.71. The van der Waals surface area contributed by atoms with E-state index in [1.807, 2.05) is 6.07 Å². The zero-order valence-electron chi connectivity index (χ0n) is 14.1. The molecule has 0 aliphatic carbocycles. The maximum atomic E-state index is 12.9. The fraction of sp³-hybridized carbons (Fsp3) is 0.400. The molecule has 3 aliphatic heterocycles. The van der Waals surface area contributed by atoms with Gasteiger partial charge in [-0.25, -0.2) is 0 Å². The summed E-state index contributed by atoms with van der Waals surface area (Å²) in [7, 11) is 0. The Morgan fingerprint density at radius 2 is 2.16 bits per heavy atom. The van der Waals surface area contributed by atoms with E-state index in [4.69, 9.17) is 0 Å². The number of rotatable bonds is 4. The lowest BCUT2D eigenvalue weighted by molar-refractivity contribution is 0.0440. The normalized spacial score (nSPS) is 25.5. The first kappa shape index (κ1) is 15.3. The summed E-state index contributed by atoms with van der Waals surface area (Å²) >= 11 is 1.72. The third-order valence-corrected chi connectivity index (χ3v) is 6.79. The maximum absolute atomic E-state index is 12.9. The van der Waals surface area contributed by atoms with Gasteiger partial charge in [-0.05, 0) is 66.9 Å². The van der Waals surface area contributed by atoms with Crippen molar-refractivity contribution < 1.29 is 4.79 Å². The minimum absolute atomic E-state index is 0.189. The number of ketones is 1. The molecule has 3 fully saturated rings. The molecule has 5 heteroatoms. The van der Waals surface area contributed by atoms with Crippen molar-refractivity contribution in [2.45, 2.75) is 19.3 Å². The highest BCUT2D eigenvalue weighted by molar-refractivity contribution is 7.13. The number of thiophene rings is 1. The van der Waals surface area contributed by atoms with E-state index in [1.54, 1.807) is 11.3 Å². The van der Waals surface area contributed by atoms with Gasteiger partial charge in [0.1, 0.15) is 5.69 Å². The van der Waals surface area contributed by atoms with Gasteiger partial charge in [-0.1, -0.05) is 12.1 Å². The number of fused-ring (bicyclic) bond motifs is 4. The number of carbonyl (C=O) groups is 1. The second kappa shape index (κ2) is 6.07. The largest absolute Gasteiger partial charge is 0.303 e. The summed E-state index contributed by atoms with van der Waals surface area (Å²) in [6.07, 6.45) is 3.14. The average Bonchev–Trinajstić information content (AvgIpc) is 3.32. The summed E-state index contributed by atoms with van der Waals surface area (Å²) in [6.45, 7) is 3.51. The van der Waals surface area contributed by atoms with Gasteiger partial charge in [-0.3, -0.25) is 9.89 Å². The van der Waals surface area contributed by atoms with Crippen molar-refractivity contribution in [1.82, 2.24) is 15.1 Å². The first-order valence-corrected chi connectivity index (χ1v) is 9.93. The van der Waals surface area contributed by atoms with Crippen LogP contribution in [0.1, 0.15) is 29.8 Å². The van der Waals surface area contributed by atoms with Crippen molar-refractivity contribution in [1.29, 1.82) is 0 Å². The molecule has 6 rings (SSSR count). The first-order valence-electron chi connectivity index (χ1n) is 9.05. The summed E-state index contributed by atoms with van der Waals surface area (Å²) in [5.74, 6) is 1.42. The quantitative estimate of drug-likeness (QED) is 0.717. The van der Waals surface area contributed by atoms with Gasteiger partial charge < -0.3 is 4.90 Å². The molecule has 128 valence electrons. The minimum atomic E-state index is 0.189. The van der Waals surface area contributed by atoms with E-state index < -0.39 is 0 Å². The van der Waals surface area contributed by atoms with E-state index in [0.717, 1.165) is 23.4 Å². The molecule has 3 aromatic rings. The summed E-state index contributed by atoms with van der Waals surface area (Å²) in [4.78, 5) is 16.6. The fourth-order valence-corrected chi connectivity index (χ4v) is 5.21. The number of hydrogen-bond acceptors (Lipinski definition) is 4. The van der Waals surface area contributed by atoms with Crippen molar-refractivity contribution in [2.24, 2.45) is 11.8 Å². The molecule has 0 radical (unpaired) electrons. The molecule has 1 atom stereocenters. The van der Waals surface area contributed by atoms with E-state index in [-0.39, 0.29) is 5.78 Å². The summed E-state index contributed by atoms with van der Waals surface area (Å²) in [5.41, 5.74) is 2.73. The van der Waals surface area contributed by atoms with Crippen LogP contribution in [0, 0.1) is 11.8 Å². The van der Waals surface area contributed by atoms with Crippen molar-refractivity contribution in [3.8, 4) is 10.4 Å². The third-order valence-electron chi connectivity index (χ3n) is 5.87. The van der Waals surface area contributed by atoms with E-state index in [2.05, 4.69) is 44.7 Å². The Balaban J connectivity index is 1.40. The highest BCUT2D eigenvalue weighted by Gasteiger charge is 2.35. The van der Waals surface area contributed by atoms with Gasteiger partial charge in [0.2, 0.25) is 0 Å². The molecule has 2 aromatic heterocycles. The lowest BCUT2D eigenvalue weighted by Crippen LogP contribution is -2.47. The summed E-state index contributed by atoms with van der Waals surface area (Å²) in [5, 5.41) is 10.5. The molecule has 3 aliphatic rings. The van der Waals surface area contributed by atoms with Gasteiger partial charge in [0, 0.05) is 23.2 Å². The number of piperidine rings is 3. The minimum Gasteiger partial charge on any atom is -0.303 e. The highest BCUT2D eigenvalue weighted by Crippen LogP contribution is 2.35. The Morgan fingerprint density at radius 1 is 1.28 bits per heavy atom. The lowest BCUT2D eigenvalue weighted by Gasteiger charge is -2.44. The number of nitrogens with zero attached hydrogens (tertiary/aromatic N) is 2. The highest BCUT2D eigenvalue weighted by atomic mass is 32.1. The predicted octanol–water partition coefficient (Wildman–Crippen LogP) is 4.21. The van der Waals surface area contributed by atoms with Gasteiger partial charge in [0.05, 0.1) is 5.52 Å². The van der Waals surface area contributed by atoms with Crippen LogP contribution in [0.3, 0.4) is 0 Å². The number of benzene rings is 1. The number of nitrogens with one attached hydrogen (secondary N) is 1. The number of Topliss-reactive ketones (excluding diaryl/α,β-unsaturated/α-hetero) is 1. The molecular weight excluding hydrogens is 330 g/mol. The molecule has 0 unspecified atom stereocenters. The van der Waals surface area contributed by atoms with Crippen molar-refractivity contribution in [2.75, 3.05) is 19.6 Å². The van der Waals surface area contributed by atoms with Crippen LogP contribution in [-0.4, -0.2) is 40.5 Å². The topological polar surface area (TPSA) is 49.0 Å². The number of H-pyrrole nitrogens is 1. The molecule has 0 spiro atoms. The van der Waals surface area contributed by atoms with Gasteiger partial charge >= 0.3 is 0 Å². The van der Waals surface area contributed by atoms with Crippen molar-refractivity contribution in [3.63, 3.8) is 0 Å². The van der Waals surface area contributed by atoms with Crippen LogP contribution >= 0.6 is 11.3 Å². The van der Waals surface area contributed by atoms with Crippen LogP contribution in [0.5, 0.6) is 0 Å². The van der Waals surface area contributed by atoms with Gasteiger partial charge in [-0.15, -0.1) is 11.3 Å². The average molecular weight is 351 g/mol. The van der Waals surface area contributed by atoms with Crippen LogP contribution in [0.15, 0.2) is 35.7 Å². The molecule has 0 saturated carbocycles. The lowest BCUT2D eigenvalue weighted by atomic mass is 9.76. The second-order valence-electron chi connectivity index (χ2n) is 7.34. The van der Waals surface area contributed by atoms with Crippen LogP contribution in [0.2, 0.25) is 0 Å². The Morgan fingerprint density at radius 3 is 2.88 bits per heavy atom. The molecule has 2 bridgehead atoms. The van der Waals surface area contributed by atoms with Gasteiger partial charge in [0.25, 0.3) is 0 Å². The predicted molar refractivity (Wildman–Crippen MR) is 101 cm³/mol. The van der Waals surface area contributed by atoms with Crippen molar-refractivity contribution in [3.05, 3.63) is 41.4 Å². The molecule has 4 nitrogen and oxygen atoms in total. The molecular formula is C20H21N3OS. The summed E-state index contributed by atoms with van der Waals surface area (Å²) < 4.78 is 0. The monoisotopic (exact) mass is 351 g/mol. The number of aromatic nitrogens is 2. The van der Waals surface area contributed by atoms with Crippen molar-refractivity contribution >= 4 is 28.0 Å². The molecule has 1 aromatic carbocycles. The SMILES string of the molecule is O=C(C[C@H]1CN2CCC1CC2)c1n[nH]c2cc(-c3cccs3)ccc12. The maximum Gasteiger partial charge on any atom is 0.184 e. The van der Waals surface area contributed by atoms with E-state index >= 15 is 0 Å². The second-order valence-corrected chi connectivity index (χ2v) is 8.28. The Kier molecular flexibility index (Phi) is 3.71. The first-order chi connectivity index (χ1) is 12.3. The molecule has 5 heterocycles. The van der Waals surface area contributed by atoms with Gasteiger partial charge in [-0.2, -0.15) is 5.10 Å². The Bertz CT molecular complexity index is 906. The van der Waals surface area contributed by atoms with Crippen LogP contribution < -0.4 is 0 Å². The molecule has 1 N–H and O–H groups in total. The number of carbonyl (C=O) groups excluding carboxylic acids is 1. The molecule has 25 heavy (non-hydrogen) atoms. The fourth-order valence-electron chi connectivity index (χ4n) is 4.48. The molecule has 0 amide bonds. The number of hydrogen-bond donors (Lipinski definition) is 1. The van der Waals surface area contributed by atoms with E-state index in [0.29, 0.717) is 18.0 Å². The van der Waals surface area contributed by atoms with E-state index in [1.165, 1.54) is 36.4 Å². The Hall–Kier alpha value is -1.98. The molecule has 3 saturated heterocycles. The standard InChI is InChI=1S/C20H21N3OS/c24-18(11-15-12-23-7-5-13(15)6-8-23)20-16-4-3-14(10-17(16)21-22-20)19-2-1-9-25-19/h1-4,9-10,13,15H,5-8,11-12H2,(H,21,22)/t15-/m0/s1. The summed E-state index contributed by atoms with van der Waals surface area (Å²) in [6, 6.07) is 10.4. The van der Waals surface area contributed by atoms with E-state index in [9.17, 15) is 4.79 Å². The van der Waals surface area contributed by atoms with Gasteiger partial charge in [0.15, 0.2) is 5.78 Å². The van der Waals surface area contributed by atoms with Crippen LogP contribution in [0.25, 0.3) is 21.3 Å². The Labute approximate surface area is 150 Å². The van der Waals surface area contributed by atoms with Crippen LogP contribution in [0.4, 0.5) is 0 Å².